The molecule has 1 fully saturated rings. The van der Waals surface area contributed by atoms with Crippen LogP contribution < -0.4 is 14.7 Å². The van der Waals surface area contributed by atoms with Crippen molar-refractivity contribution in [3.8, 4) is 0 Å². The third kappa shape index (κ3) is 4.71. The average Bonchev–Trinajstić information content (AvgIpc) is 3.40. The number of carbonyl (C=O) groups is 2. The zero-order valence-corrected chi connectivity index (χ0v) is 24.4. The Labute approximate surface area is 242 Å². The Morgan fingerprint density at radius 3 is 2.52 bits per heavy atom. The number of amides is 2. The quantitative estimate of drug-likeness (QED) is 0.464. The highest BCUT2D eigenvalue weighted by Crippen LogP contribution is 2.42. The van der Waals surface area contributed by atoms with Crippen molar-refractivity contribution in [2.45, 2.75) is 59.0 Å². The Balaban J connectivity index is 1.43. The van der Waals surface area contributed by atoms with Gasteiger partial charge in [-0.05, 0) is 51.6 Å². The van der Waals surface area contributed by atoms with Crippen LogP contribution in [-0.4, -0.2) is 64.5 Å². The van der Waals surface area contributed by atoms with Crippen LogP contribution in [0.4, 0.5) is 30.4 Å². The molecule has 1 unspecified atom stereocenters. The number of carbonyl (C=O) groups excluding carboxylic acids is 2. The molecule has 42 heavy (non-hydrogen) atoms. The van der Waals surface area contributed by atoms with E-state index in [1.54, 1.807) is 7.05 Å². The van der Waals surface area contributed by atoms with E-state index in [-0.39, 0.29) is 23.8 Å². The number of hydrogen-bond donors (Lipinski definition) is 0. The summed E-state index contributed by atoms with van der Waals surface area (Å²) in [7, 11) is 3.73. The van der Waals surface area contributed by atoms with Crippen LogP contribution in [0.2, 0.25) is 0 Å². The summed E-state index contributed by atoms with van der Waals surface area (Å²) in [5, 5.41) is 0. The summed E-state index contributed by atoms with van der Waals surface area (Å²) in [5.74, 6) is -0.393. The molecule has 3 aliphatic heterocycles. The molecule has 12 heteroatoms. The van der Waals surface area contributed by atoms with E-state index in [4.69, 9.17) is 4.98 Å². The minimum atomic E-state index is -4.62. The van der Waals surface area contributed by atoms with Gasteiger partial charge in [0.1, 0.15) is 17.7 Å². The van der Waals surface area contributed by atoms with Gasteiger partial charge in [0, 0.05) is 50.4 Å². The lowest BCUT2D eigenvalue weighted by atomic mass is 9.94. The molecule has 0 radical (unpaired) electrons. The number of rotatable bonds is 3. The van der Waals surface area contributed by atoms with Gasteiger partial charge in [-0.1, -0.05) is 12.1 Å². The van der Waals surface area contributed by atoms with Gasteiger partial charge in [-0.3, -0.25) is 19.4 Å². The van der Waals surface area contributed by atoms with E-state index in [0.29, 0.717) is 18.8 Å². The van der Waals surface area contributed by atoms with E-state index in [0.717, 1.165) is 60.2 Å². The number of benzene rings is 1. The number of nitrogens with zero attached hydrogens (tertiary/aromatic N) is 7. The number of para-hydroxylation sites is 1. The van der Waals surface area contributed by atoms with Gasteiger partial charge in [0.2, 0.25) is 11.8 Å². The summed E-state index contributed by atoms with van der Waals surface area (Å²) in [4.78, 5) is 44.0. The van der Waals surface area contributed by atoms with Crippen LogP contribution >= 0.6 is 0 Å². The number of imidazole rings is 1. The topological polar surface area (TPSA) is 77.8 Å². The van der Waals surface area contributed by atoms with Crippen molar-refractivity contribution in [2.24, 2.45) is 5.92 Å². The number of fused-ring (bicyclic) bond motifs is 3. The highest BCUT2D eigenvalue weighted by Gasteiger charge is 2.49. The van der Waals surface area contributed by atoms with Crippen molar-refractivity contribution in [1.29, 1.82) is 0 Å². The van der Waals surface area contributed by atoms with E-state index >= 15 is 0 Å². The standard InChI is InChI=1S/C30H34F3N7O2/c1-17-7-6-8-23-27(17)38(15-22-19(3)39-10-9-36(4)16-25(39)35-22)14-20-12-26(41)40(28(20)29(42)37(23)5)24-13-21(30(31,32)33)11-18(2)34-24/h6-8,11,13,20,28H,9-10,12,14-16H2,1-5H3/t20?,28-/m0/s1. The van der Waals surface area contributed by atoms with Crippen molar-refractivity contribution in [2.75, 3.05) is 41.9 Å². The van der Waals surface area contributed by atoms with Crippen molar-refractivity contribution in [1.82, 2.24) is 19.4 Å². The Morgan fingerprint density at radius 1 is 1.02 bits per heavy atom. The first-order chi connectivity index (χ1) is 19.8. The fraction of sp³-hybridized carbons (Fsp3) is 0.467. The van der Waals surface area contributed by atoms with Crippen LogP contribution in [0, 0.1) is 26.7 Å². The maximum Gasteiger partial charge on any atom is 0.416 e. The summed E-state index contributed by atoms with van der Waals surface area (Å²) in [5.41, 5.74) is 3.76. The molecule has 222 valence electrons. The van der Waals surface area contributed by atoms with Gasteiger partial charge in [0.15, 0.2) is 0 Å². The van der Waals surface area contributed by atoms with Gasteiger partial charge < -0.3 is 14.4 Å². The SMILES string of the molecule is Cc1cc(C(F)(F)F)cc(N2C(=O)CC3CN(Cc4nc5n(c4C)CCN(C)C5)c4c(C)cccc4N(C)C(=O)[C@H]32)n1. The van der Waals surface area contributed by atoms with E-state index in [2.05, 4.69) is 33.3 Å². The molecule has 0 spiro atoms. The third-order valence-electron chi connectivity index (χ3n) is 8.73. The van der Waals surface area contributed by atoms with E-state index < -0.39 is 29.6 Å². The number of hydrogen-bond acceptors (Lipinski definition) is 6. The minimum absolute atomic E-state index is 0.0163. The molecule has 1 saturated heterocycles. The molecule has 3 aromatic rings. The maximum atomic E-state index is 14.1. The van der Waals surface area contributed by atoms with Crippen LogP contribution in [0.15, 0.2) is 30.3 Å². The Kier molecular flexibility index (Phi) is 6.79. The van der Waals surface area contributed by atoms with Gasteiger partial charge in [0.25, 0.3) is 0 Å². The molecule has 2 amide bonds. The summed E-state index contributed by atoms with van der Waals surface area (Å²) in [6.45, 7) is 8.88. The largest absolute Gasteiger partial charge is 0.416 e. The lowest BCUT2D eigenvalue weighted by molar-refractivity contribution is -0.137. The smallest absolute Gasteiger partial charge is 0.363 e. The lowest BCUT2D eigenvalue weighted by Gasteiger charge is -2.39. The van der Waals surface area contributed by atoms with Gasteiger partial charge in [-0.15, -0.1) is 0 Å². The summed E-state index contributed by atoms with van der Waals surface area (Å²) in [6, 6.07) is 6.54. The molecule has 0 N–H and O–H groups in total. The first kappa shape index (κ1) is 28.2. The number of anilines is 3. The second-order valence-electron chi connectivity index (χ2n) is 11.7. The highest BCUT2D eigenvalue weighted by atomic mass is 19.4. The molecular formula is C30H34F3N7O2. The van der Waals surface area contributed by atoms with Gasteiger partial charge >= 0.3 is 6.18 Å². The van der Waals surface area contributed by atoms with Crippen LogP contribution in [0.5, 0.6) is 0 Å². The van der Waals surface area contributed by atoms with Crippen LogP contribution in [0.25, 0.3) is 0 Å². The fourth-order valence-corrected chi connectivity index (χ4v) is 6.63. The number of alkyl halides is 3. The molecule has 2 atom stereocenters. The Bertz CT molecular complexity index is 1580. The number of halogens is 3. The van der Waals surface area contributed by atoms with E-state index in [1.165, 1.54) is 16.7 Å². The Morgan fingerprint density at radius 2 is 1.79 bits per heavy atom. The van der Waals surface area contributed by atoms with Crippen LogP contribution in [0.3, 0.4) is 0 Å². The van der Waals surface area contributed by atoms with Crippen LogP contribution in [-0.2, 0) is 35.4 Å². The first-order valence-electron chi connectivity index (χ1n) is 14.1. The Hall–Kier alpha value is -3.93. The zero-order valence-electron chi connectivity index (χ0n) is 24.4. The summed E-state index contributed by atoms with van der Waals surface area (Å²) >= 11 is 0. The molecule has 0 aliphatic carbocycles. The van der Waals surface area contributed by atoms with Gasteiger partial charge in [-0.2, -0.15) is 13.2 Å². The highest BCUT2D eigenvalue weighted by molar-refractivity contribution is 6.10. The molecule has 6 rings (SSSR count). The van der Waals surface area contributed by atoms with E-state index in [1.807, 2.05) is 25.1 Å². The van der Waals surface area contributed by atoms with Crippen molar-refractivity contribution < 1.29 is 22.8 Å². The minimum Gasteiger partial charge on any atom is -0.363 e. The normalized spacial score (nSPS) is 21.3. The lowest BCUT2D eigenvalue weighted by Crippen LogP contribution is -2.52. The predicted octanol–water partition coefficient (Wildman–Crippen LogP) is 4.07. The molecule has 1 aromatic carbocycles. The molecule has 5 heterocycles. The maximum absolute atomic E-state index is 14.1. The zero-order chi connectivity index (χ0) is 30.1. The van der Waals surface area contributed by atoms with Gasteiger partial charge in [-0.25, -0.2) is 9.97 Å². The second-order valence-corrected chi connectivity index (χ2v) is 11.7. The third-order valence-corrected chi connectivity index (χ3v) is 8.73. The average molecular weight is 582 g/mol. The molecule has 0 bridgehead atoms. The van der Waals surface area contributed by atoms with Crippen molar-refractivity contribution in [3.05, 3.63) is 64.4 Å². The molecule has 3 aliphatic rings. The fourth-order valence-electron chi connectivity index (χ4n) is 6.63. The number of likely N-dealkylation sites (N-methyl/N-ethyl adjacent to an activating group) is 2. The predicted molar refractivity (Wildman–Crippen MR) is 152 cm³/mol. The second kappa shape index (κ2) is 10.1. The summed E-state index contributed by atoms with van der Waals surface area (Å²) in [6.07, 6.45) is -4.60. The molecule has 2 aromatic heterocycles. The van der Waals surface area contributed by atoms with Crippen LogP contribution in [0.1, 0.15) is 40.5 Å². The van der Waals surface area contributed by atoms with Gasteiger partial charge in [0.05, 0.1) is 35.7 Å². The molecular weight excluding hydrogens is 547 g/mol. The molecule has 9 nitrogen and oxygen atoms in total. The monoisotopic (exact) mass is 581 g/mol. The van der Waals surface area contributed by atoms with Crippen molar-refractivity contribution >= 4 is 29.0 Å². The van der Waals surface area contributed by atoms with E-state index in [9.17, 15) is 22.8 Å². The summed E-state index contributed by atoms with van der Waals surface area (Å²) < 4.78 is 43.3. The molecule has 0 saturated carbocycles. The number of pyridine rings is 1. The van der Waals surface area contributed by atoms with Crippen molar-refractivity contribution in [3.63, 3.8) is 0 Å². The number of aromatic nitrogens is 3. The number of aryl methyl sites for hydroxylation is 2. The first-order valence-corrected chi connectivity index (χ1v) is 14.1.